The summed E-state index contributed by atoms with van der Waals surface area (Å²) in [5.41, 5.74) is 6.51. The van der Waals surface area contributed by atoms with Crippen LogP contribution in [0.15, 0.2) is 85.8 Å². The van der Waals surface area contributed by atoms with Crippen molar-refractivity contribution in [1.29, 1.82) is 0 Å². The van der Waals surface area contributed by atoms with E-state index in [1.54, 1.807) is 0 Å². The maximum Gasteiger partial charge on any atom is 3.00 e. The second kappa shape index (κ2) is 13.1. The Balaban J connectivity index is 0.000001000. The van der Waals surface area contributed by atoms with Crippen LogP contribution in [0.25, 0.3) is 0 Å². The van der Waals surface area contributed by atoms with Crippen LogP contribution in [-0.2, 0) is 18.6 Å². The standard InChI is InChI=1S/C29H29N5.3ClH.V/c1-2-7-18(6-1)20-12-14-22-26(16-20)33-28(31-22)24-10-5-11-25(30-24)29-32-23-15-13-21(17-27(23)34-29)19-8-3-4-9-19;;;;/h5,10-19,22-23H,1-4,6-9H2;3*1H;/q;;;;+3/p-3. The summed E-state index contributed by atoms with van der Waals surface area (Å²) in [6.07, 6.45) is 24.0. The van der Waals surface area contributed by atoms with Gasteiger partial charge in [-0.3, -0.25) is 9.98 Å². The van der Waals surface area contributed by atoms with Crippen molar-refractivity contribution in [1.82, 2.24) is 4.98 Å². The number of hydrogen-bond donors (Lipinski definition) is 0. The van der Waals surface area contributed by atoms with Crippen LogP contribution >= 0.6 is 0 Å². The maximum absolute atomic E-state index is 4.88. The summed E-state index contributed by atoms with van der Waals surface area (Å²) in [6.45, 7) is 0. The largest absolute Gasteiger partial charge is 3.00 e. The third kappa shape index (κ3) is 5.88. The van der Waals surface area contributed by atoms with Crippen LogP contribution < -0.4 is 37.2 Å². The van der Waals surface area contributed by atoms with Gasteiger partial charge in [0.25, 0.3) is 0 Å². The average molecular weight is 605 g/mol. The third-order valence-electron chi connectivity index (χ3n) is 8.03. The van der Waals surface area contributed by atoms with E-state index in [0.29, 0.717) is 23.5 Å². The van der Waals surface area contributed by atoms with E-state index in [1.807, 2.05) is 18.2 Å². The molecule has 5 nitrogen and oxygen atoms in total. The Labute approximate surface area is 255 Å². The number of nitrogens with zero attached hydrogens (tertiary/aromatic N) is 5. The average Bonchev–Trinajstić information content (AvgIpc) is 3.69. The van der Waals surface area contributed by atoms with E-state index in [1.165, 1.54) is 62.5 Å². The Morgan fingerprint density at radius 3 is 1.45 bits per heavy atom. The summed E-state index contributed by atoms with van der Waals surface area (Å²) < 4.78 is 0. The van der Waals surface area contributed by atoms with Gasteiger partial charge in [0.1, 0.15) is 23.5 Å². The summed E-state index contributed by atoms with van der Waals surface area (Å²) in [5, 5.41) is 0. The first kappa shape index (κ1) is 30.8. The molecule has 4 aliphatic carbocycles. The molecule has 7 rings (SSSR count). The van der Waals surface area contributed by atoms with Gasteiger partial charge in [0.05, 0.1) is 11.4 Å². The molecule has 0 aromatic carbocycles. The molecule has 9 heteroatoms. The zero-order chi connectivity index (χ0) is 22.5. The van der Waals surface area contributed by atoms with Gasteiger partial charge in [-0.05, 0) is 73.0 Å². The Kier molecular flexibility index (Phi) is 10.6. The van der Waals surface area contributed by atoms with Crippen LogP contribution in [-0.4, -0.2) is 40.2 Å². The Hall–Kier alpha value is -1.76. The van der Waals surface area contributed by atoms with Crippen LogP contribution in [0.2, 0.25) is 0 Å². The molecule has 0 saturated heterocycles. The minimum absolute atomic E-state index is 0. The van der Waals surface area contributed by atoms with E-state index < -0.39 is 0 Å². The van der Waals surface area contributed by atoms with Crippen LogP contribution in [0, 0.1) is 11.8 Å². The molecule has 2 fully saturated rings. The minimum atomic E-state index is 0. The second-order valence-corrected chi connectivity index (χ2v) is 10.2. The Bertz CT molecular complexity index is 1200. The molecule has 196 valence electrons. The van der Waals surface area contributed by atoms with Crippen molar-refractivity contribution >= 4 is 23.1 Å². The quantitative estimate of drug-likeness (QED) is 0.354. The molecule has 38 heavy (non-hydrogen) atoms. The number of amidine groups is 2. The third-order valence-corrected chi connectivity index (χ3v) is 8.03. The molecular weight excluding hydrogens is 576 g/mol. The fourth-order valence-electron chi connectivity index (χ4n) is 6.15. The molecule has 3 heterocycles. The van der Waals surface area contributed by atoms with Crippen LogP contribution in [0.4, 0.5) is 0 Å². The fraction of sp³-hybridized carbons (Fsp3) is 0.414. The molecule has 0 radical (unpaired) electrons. The minimum Gasteiger partial charge on any atom is -1.00 e. The molecule has 2 saturated carbocycles. The molecule has 6 aliphatic rings. The number of rotatable bonds is 4. The van der Waals surface area contributed by atoms with Crippen molar-refractivity contribution in [3.63, 3.8) is 0 Å². The summed E-state index contributed by atoms with van der Waals surface area (Å²) in [5.74, 6) is 2.79. The van der Waals surface area contributed by atoms with E-state index >= 15 is 0 Å². The van der Waals surface area contributed by atoms with Crippen LogP contribution in [0.3, 0.4) is 0 Å². The monoisotopic (exact) mass is 603 g/mol. The van der Waals surface area contributed by atoms with Crippen molar-refractivity contribution in [2.24, 2.45) is 31.8 Å². The first-order chi connectivity index (χ1) is 16.8. The van der Waals surface area contributed by atoms with Gasteiger partial charge in [-0.1, -0.05) is 56.1 Å². The van der Waals surface area contributed by atoms with E-state index in [4.69, 9.17) is 25.0 Å². The van der Waals surface area contributed by atoms with Crippen LogP contribution in [0.1, 0.15) is 62.8 Å². The fourth-order valence-corrected chi connectivity index (χ4v) is 6.15. The first-order valence-electron chi connectivity index (χ1n) is 12.9. The molecule has 2 unspecified atom stereocenters. The number of aromatic nitrogens is 1. The normalized spacial score (nSPS) is 25.3. The molecule has 1 aromatic heterocycles. The van der Waals surface area contributed by atoms with E-state index in [2.05, 4.69) is 36.5 Å². The van der Waals surface area contributed by atoms with Gasteiger partial charge in [-0.15, -0.1) is 0 Å². The zero-order valence-electron chi connectivity index (χ0n) is 21.0. The molecule has 0 amide bonds. The molecule has 2 atom stereocenters. The number of fused-ring (bicyclic) bond motifs is 2. The van der Waals surface area contributed by atoms with Crippen molar-refractivity contribution in [2.45, 2.75) is 63.5 Å². The number of pyridine rings is 1. The predicted molar refractivity (Wildman–Crippen MR) is 138 cm³/mol. The molecule has 0 spiro atoms. The van der Waals surface area contributed by atoms with Gasteiger partial charge in [0.2, 0.25) is 0 Å². The van der Waals surface area contributed by atoms with Gasteiger partial charge in [-0.25, -0.2) is 15.0 Å². The first-order valence-corrected chi connectivity index (χ1v) is 12.9. The van der Waals surface area contributed by atoms with Gasteiger partial charge >= 0.3 is 18.6 Å². The molecule has 1 aromatic rings. The summed E-state index contributed by atoms with van der Waals surface area (Å²) in [7, 11) is 0. The summed E-state index contributed by atoms with van der Waals surface area (Å²) in [6, 6.07) is 6.02. The SMILES string of the molecule is C1=CC2N=C(c3cccc(C4=NC5C=CC(C6CCCC6)=CC5=N4)n3)N=C2C=C1C1CCCC1.[Cl-].[Cl-].[Cl-].[V+3]. The number of hydrogen-bond acceptors (Lipinski definition) is 5. The summed E-state index contributed by atoms with van der Waals surface area (Å²) >= 11 is 0. The number of aliphatic imine (C=N–C) groups is 4. The van der Waals surface area contributed by atoms with Gasteiger partial charge < -0.3 is 37.2 Å². The van der Waals surface area contributed by atoms with E-state index in [-0.39, 0.29) is 67.9 Å². The van der Waals surface area contributed by atoms with Crippen molar-refractivity contribution in [3.8, 4) is 0 Å². The maximum atomic E-state index is 4.88. The van der Waals surface area contributed by atoms with Crippen molar-refractivity contribution in [2.75, 3.05) is 0 Å². The second-order valence-electron chi connectivity index (χ2n) is 10.2. The van der Waals surface area contributed by atoms with Gasteiger partial charge in [0, 0.05) is 0 Å². The van der Waals surface area contributed by atoms with E-state index in [9.17, 15) is 0 Å². The molecule has 2 aliphatic heterocycles. The molecular formula is C29H29Cl3N5V. The smallest absolute Gasteiger partial charge is 1.00 e. The van der Waals surface area contributed by atoms with Crippen molar-refractivity contribution < 1.29 is 55.8 Å². The topological polar surface area (TPSA) is 62.3 Å². The van der Waals surface area contributed by atoms with Crippen LogP contribution in [0.5, 0.6) is 0 Å². The number of halogens is 3. The summed E-state index contributed by atoms with van der Waals surface area (Å²) in [4.78, 5) is 24.3. The Morgan fingerprint density at radius 1 is 0.605 bits per heavy atom. The molecule has 0 bridgehead atoms. The Morgan fingerprint density at radius 2 is 1.03 bits per heavy atom. The zero-order valence-corrected chi connectivity index (χ0v) is 24.6. The van der Waals surface area contributed by atoms with Crippen molar-refractivity contribution in [3.05, 3.63) is 77.2 Å². The number of allylic oxidation sites excluding steroid dienone is 4. The molecule has 0 N–H and O–H groups in total. The van der Waals surface area contributed by atoms with Gasteiger partial charge in [-0.2, -0.15) is 0 Å². The van der Waals surface area contributed by atoms with E-state index in [0.717, 1.165) is 22.8 Å². The van der Waals surface area contributed by atoms with Gasteiger partial charge in [0.15, 0.2) is 11.7 Å². The predicted octanol–water partition coefficient (Wildman–Crippen LogP) is -3.40.